The van der Waals surface area contributed by atoms with Gasteiger partial charge in [0.05, 0.1) is 6.54 Å². The molecular formula is C34H70N4O2. The molecule has 4 N–H and O–H groups in total. The predicted octanol–water partition coefficient (Wildman–Crippen LogP) is 8.78. The normalized spacial score (nSPS) is 12.0. The van der Waals surface area contributed by atoms with Crippen LogP contribution in [0, 0.1) is 0 Å². The lowest BCUT2D eigenvalue weighted by atomic mass is 10.0. The Kier molecular flexibility index (Phi) is 29.7. The van der Waals surface area contributed by atoms with E-state index in [1.165, 1.54) is 96.3 Å². The van der Waals surface area contributed by atoms with Crippen LogP contribution in [0.3, 0.4) is 0 Å². The first-order chi connectivity index (χ1) is 19.6. The van der Waals surface area contributed by atoms with E-state index in [2.05, 4.69) is 49.0 Å². The molecule has 238 valence electrons. The third-order valence-corrected chi connectivity index (χ3v) is 7.93. The van der Waals surface area contributed by atoms with Crippen molar-refractivity contribution in [3.63, 3.8) is 0 Å². The molecule has 0 aromatic heterocycles. The highest BCUT2D eigenvalue weighted by molar-refractivity contribution is 5.78. The minimum Gasteiger partial charge on any atom is -0.352 e. The van der Waals surface area contributed by atoms with E-state index >= 15 is 0 Å². The highest BCUT2D eigenvalue weighted by Crippen LogP contribution is 2.13. The molecule has 0 aromatic rings. The molecule has 6 nitrogen and oxygen atoms in total. The van der Waals surface area contributed by atoms with Crippen LogP contribution in [-0.4, -0.2) is 43.7 Å². The summed E-state index contributed by atoms with van der Waals surface area (Å²) in [6.45, 7) is 11.0. The number of hydrogen-bond acceptors (Lipinski definition) is 3. The van der Waals surface area contributed by atoms with Crippen molar-refractivity contribution in [2.45, 2.75) is 187 Å². The first-order valence-electron chi connectivity index (χ1n) is 17.6. The minimum absolute atomic E-state index is 0.00423. The van der Waals surface area contributed by atoms with Crippen molar-refractivity contribution < 1.29 is 9.59 Å². The maximum absolute atomic E-state index is 12.5. The molecule has 0 aliphatic rings. The first-order valence-corrected chi connectivity index (χ1v) is 17.6. The standard InChI is InChI=1S/C34H70N4O2/c1-5-9-13-15-21-27-31(24-18-10-6-2)37-33(39)30-35-28-22-16-14-17-23-29-36-34(40)38-32(25-19-11-7-3)26-20-12-8-4/h31-32,35H,5-30H2,1-4H3,(H,37,39)(H2,36,38,40). The fourth-order valence-corrected chi connectivity index (χ4v) is 5.32. The first kappa shape index (κ1) is 38.7. The van der Waals surface area contributed by atoms with E-state index in [0.29, 0.717) is 18.6 Å². The van der Waals surface area contributed by atoms with Crippen LogP contribution in [0.1, 0.15) is 175 Å². The molecule has 0 aliphatic carbocycles. The average Bonchev–Trinajstić information content (AvgIpc) is 2.94. The molecule has 40 heavy (non-hydrogen) atoms. The monoisotopic (exact) mass is 567 g/mol. The summed E-state index contributed by atoms with van der Waals surface area (Å²) in [6.07, 6.45) is 27.5. The fourth-order valence-electron chi connectivity index (χ4n) is 5.32. The van der Waals surface area contributed by atoms with E-state index < -0.39 is 0 Å². The van der Waals surface area contributed by atoms with Crippen molar-refractivity contribution in [1.82, 2.24) is 21.3 Å². The molecule has 3 amide bonds. The van der Waals surface area contributed by atoms with Crippen molar-refractivity contribution in [1.29, 1.82) is 0 Å². The average molecular weight is 567 g/mol. The molecule has 0 saturated heterocycles. The van der Waals surface area contributed by atoms with Crippen LogP contribution < -0.4 is 21.3 Å². The molecule has 0 spiro atoms. The number of carbonyl (C=O) groups is 2. The topological polar surface area (TPSA) is 82.3 Å². The lowest BCUT2D eigenvalue weighted by Gasteiger charge is -2.19. The summed E-state index contributed by atoms with van der Waals surface area (Å²) in [5.41, 5.74) is 0. The maximum atomic E-state index is 12.5. The second-order valence-corrected chi connectivity index (χ2v) is 12.0. The van der Waals surface area contributed by atoms with Crippen LogP contribution in [0.15, 0.2) is 0 Å². The van der Waals surface area contributed by atoms with Gasteiger partial charge in [0.25, 0.3) is 0 Å². The van der Waals surface area contributed by atoms with Gasteiger partial charge in [-0.3, -0.25) is 4.79 Å². The molecule has 0 saturated carbocycles. The van der Waals surface area contributed by atoms with Crippen LogP contribution in [0.2, 0.25) is 0 Å². The van der Waals surface area contributed by atoms with Crippen molar-refractivity contribution in [2.75, 3.05) is 19.6 Å². The quantitative estimate of drug-likeness (QED) is 0.0656. The van der Waals surface area contributed by atoms with Crippen molar-refractivity contribution in [3.8, 4) is 0 Å². The number of unbranched alkanes of at least 4 members (excludes halogenated alkanes) is 14. The smallest absolute Gasteiger partial charge is 0.315 e. The van der Waals surface area contributed by atoms with Crippen LogP contribution in [0.25, 0.3) is 0 Å². The highest BCUT2D eigenvalue weighted by atomic mass is 16.2. The Labute approximate surface area is 249 Å². The van der Waals surface area contributed by atoms with Crippen molar-refractivity contribution in [3.05, 3.63) is 0 Å². The Morgan fingerprint density at radius 3 is 1.43 bits per heavy atom. The van der Waals surface area contributed by atoms with E-state index in [1.807, 2.05) is 0 Å². The molecular weight excluding hydrogens is 496 g/mol. The molecule has 6 heteroatoms. The van der Waals surface area contributed by atoms with Gasteiger partial charge in [0.15, 0.2) is 0 Å². The molecule has 0 fully saturated rings. The van der Waals surface area contributed by atoms with Gasteiger partial charge in [-0.15, -0.1) is 0 Å². The Morgan fingerprint density at radius 1 is 0.475 bits per heavy atom. The van der Waals surface area contributed by atoms with E-state index in [9.17, 15) is 9.59 Å². The molecule has 0 heterocycles. The molecule has 0 rings (SSSR count). The van der Waals surface area contributed by atoms with Crippen LogP contribution >= 0.6 is 0 Å². The van der Waals surface area contributed by atoms with Crippen LogP contribution in [0.5, 0.6) is 0 Å². The van der Waals surface area contributed by atoms with E-state index in [0.717, 1.165) is 64.5 Å². The highest BCUT2D eigenvalue weighted by Gasteiger charge is 2.13. The maximum Gasteiger partial charge on any atom is 0.315 e. The van der Waals surface area contributed by atoms with Crippen molar-refractivity contribution in [2.24, 2.45) is 0 Å². The number of carbonyl (C=O) groups excluding carboxylic acids is 2. The van der Waals surface area contributed by atoms with E-state index in [1.54, 1.807) is 0 Å². The number of urea groups is 1. The summed E-state index contributed by atoms with van der Waals surface area (Å²) in [5.74, 6) is 0.150. The minimum atomic E-state index is 0.00423. The molecule has 0 radical (unpaired) electrons. The van der Waals surface area contributed by atoms with Crippen LogP contribution in [-0.2, 0) is 4.79 Å². The third-order valence-electron chi connectivity index (χ3n) is 7.93. The summed E-state index contributed by atoms with van der Waals surface area (Å²) in [6, 6.07) is 0.658. The van der Waals surface area contributed by atoms with E-state index in [4.69, 9.17) is 0 Å². The zero-order chi connectivity index (χ0) is 29.5. The number of nitrogens with one attached hydrogen (secondary N) is 4. The van der Waals surface area contributed by atoms with E-state index in [-0.39, 0.29) is 11.9 Å². The number of amides is 3. The van der Waals surface area contributed by atoms with Gasteiger partial charge in [0.1, 0.15) is 0 Å². The largest absolute Gasteiger partial charge is 0.352 e. The number of rotatable bonds is 30. The van der Waals surface area contributed by atoms with Crippen molar-refractivity contribution >= 4 is 11.9 Å². The second-order valence-electron chi connectivity index (χ2n) is 12.0. The SMILES string of the molecule is CCCCCCCC(CCCCC)NC(=O)CNCCCCCCCNC(=O)NC(CCCCC)CCCCC. The molecule has 1 unspecified atom stereocenters. The van der Waals surface area contributed by atoms with Crippen LogP contribution in [0.4, 0.5) is 4.79 Å². The summed E-state index contributed by atoms with van der Waals surface area (Å²) in [5, 5.41) is 12.9. The van der Waals surface area contributed by atoms with Gasteiger partial charge in [0.2, 0.25) is 5.91 Å². The number of hydrogen-bond donors (Lipinski definition) is 4. The Balaban J connectivity index is 3.87. The molecule has 1 atom stereocenters. The Bertz CT molecular complexity index is 548. The van der Waals surface area contributed by atoms with Gasteiger partial charge in [0, 0.05) is 18.6 Å². The van der Waals surface area contributed by atoms with Gasteiger partial charge in [-0.25, -0.2) is 4.79 Å². The van der Waals surface area contributed by atoms with Gasteiger partial charge in [-0.05, 0) is 45.1 Å². The second kappa shape index (κ2) is 30.7. The third kappa shape index (κ3) is 26.9. The Hall–Kier alpha value is -1.30. The van der Waals surface area contributed by atoms with Gasteiger partial charge in [-0.2, -0.15) is 0 Å². The lowest BCUT2D eigenvalue weighted by Crippen LogP contribution is -2.42. The molecule has 0 bridgehead atoms. The van der Waals surface area contributed by atoms with Gasteiger partial charge < -0.3 is 21.3 Å². The predicted molar refractivity (Wildman–Crippen MR) is 174 cm³/mol. The summed E-state index contributed by atoms with van der Waals surface area (Å²) in [4.78, 5) is 24.8. The zero-order valence-electron chi connectivity index (χ0n) is 27.4. The summed E-state index contributed by atoms with van der Waals surface area (Å²) >= 11 is 0. The van der Waals surface area contributed by atoms with Gasteiger partial charge in [-0.1, -0.05) is 137 Å². The van der Waals surface area contributed by atoms with Gasteiger partial charge >= 0.3 is 6.03 Å². The lowest BCUT2D eigenvalue weighted by molar-refractivity contribution is -0.121. The fraction of sp³-hybridized carbons (Fsp3) is 0.941. The molecule has 0 aromatic carbocycles. The molecule has 0 aliphatic heterocycles. The summed E-state index contributed by atoms with van der Waals surface area (Å²) < 4.78 is 0. The Morgan fingerprint density at radius 2 is 0.875 bits per heavy atom. The zero-order valence-corrected chi connectivity index (χ0v) is 27.4. The summed E-state index contributed by atoms with van der Waals surface area (Å²) in [7, 11) is 0.